The minimum Gasteiger partial charge on any atom is -0.293 e. The summed E-state index contributed by atoms with van der Waals surface area (Å²) in [7, 11) is 0. The molecule has 1 aromatic rings. The van der Waals surface area contributed by atoms with Crippen molar-refractivity contribution >= 4 is 52.0 Å². The fourth-order valence-corrected chi connectivity index (χ4v) is 3.74. The van der Waals surface area contributed by atoms with Gasteiger partial charge in [0.2, 0.25) is 0 Å². The van der Waals surface area contributed by atoms with Gasteiger partial charge in [-0.25, -0.2) is 0 Å². The summed E-state index contributed by atoms with van der Waals surface area (Å²) in [5.41, 5.74) is -0.397. The first-order valence-corrected chi connectivity index (χ1v) is 9.36. The molecular formula is C15H14F3NOS3. The van der Waals surface area contributed by atoms with Crippen LogP contribution in [0.25, 0.3) is 6.08 Å². The molecule has 0 atom stereocenters. The topological polar surface area (TPSA) is 20.3 Å². The highest BCUT2D eigenvalue weighted by Gasteiger charge is 2.32. The van der Waals surface area contributed by atoms with Crippen LogP contribution in [0.2, 0.25) is 0 Å². The number of thioether (sulfide) groups is 2. The van der Waals surface area contributed by atoms with E-state index >= 15 is 0 Å². The van der Waals surface area contributed by atoms with Gasteiger partial charge in [-0.3, -0.25) is 9.69 Å². The summed E-state index contributed by atoms with van der Waals surface area (Å²) in [5.74, 6) is 0.683. The maximum Gasteiger partial charge on any atom is 0.416 e. The van der Waals surface area contributed by atoms with Gasteiger partial charge in [-0.1, -0.05) is 36.1 Å². The van der Waals surface area contributed by atoms with Gasteiger partial charge in [0.05, 0.1) is 10.5 Å². The van der Waals surface area contributed by atoms with Crippen molar-refractivity contribution in [2.24, 2.45) is 0 Å². The molecule has 1 saturated heterocycles. The molecule has 1 heterocycles. The van der Waals surface area contributed by atoms with Crippen molar-refractivity contribution in [2.45, 2.75) is 12.6 Å². The summed E-state index contributed by atoms with van der Waals surface area (Å²) in [6.45, 7) is 0.533. The molecule has 0 N–H and O–H groups in total. The molecule has 8 heteroatoms. The van der Waals surface area contributed by atoms with Crippen molar-refractivity contribution in [1.29, 1.82) is 0 Å². The van der Waals surface area contributed by atoms with Crippen LogP contribution in [-0.4, -0.2) is 33.7 Å². The molecule has 0 aromatic heterocycles. The monoisotopic (exact) mass is 377 g/mol. The lowest BCUT2D eigenvalue weighted by Crippen LogP contribution is -2.29. The number of carbonyl (C=O) groups excluding carboxylic acids is 1. The van der Waals surface area contributed by atoms with Gasteiger partial charge in [0.1, 0.15) is 4.32 Å². The lowest BCUT2D eigenvalue weighted by atomic mass is 10.1. The second-order valence-corrected chi connectivity index (χ2v) is 7.46. The Kier molecular flexibility index (Phi) is 6.16. The van der Waals surface area contributed by atoms with E-state index in [1.807, 2.05) is 6.26 Å². The molecule has 124 valence electrons. The van der Waals surface area contributed by atoms with Crippen LogP contribution in [0, 0.1) is 0 Å². The van der Waals surface area contributed by atoms with Gasteiger partial charge in [0, 0.05) is 6.54 Å². The Bertz CT molecular complexity index is 643. The fraction of sp³-hybridized carbons (Fsp3) is 0.333. The molecule has 1 aliphatic heterocycles. The molecule has 0 spiro atoms. The predicted molar refractivity (Wildman–Crippen MR) is 94.3 cm³/mol. The first-order chi connectivity index (χ1) is 10.8. The summed E-state index contributed by atoms with van der Waals surface area (Å²) in [6.07, 6.45) is -0.133. The highest BCUT2D eigenvalue weighted by Crippen LogP contribution is 2.34. The number of hydrogen-bond acceptors (Lipinski definition) is 4. The molecular weight excluding hydrogens is 363 g/mol. The van der Waals surface area contributed by atoms with E-state index in [2.05, 4.69) is 0 Å². The molecule has 0 aliphatic carbocycles. The number of carbonyl (C=O) groups is 1. The smallest absolute Gasteiger partial charge is 0.293 e. The highest BCUT2D eigenvalue weighted by atomic mass is 32.2. The maximum absolute atomic E-state index is 12.7. The van der Waals surface area contributed by atoms with Crippen LogP contribution in [0.3, 0.4) is 0 Å². The van der Waals surface area contributed by atoms with Crippen LogP contribution >= 0.6 is 35.7 Å². The Balaban J connectivity index is 2.17. The third-order valence-corrected chi connectivity index (χ3v) is 5.19. The zero-order valence-electron chi connectivity index (χ0n) is 12.2. The third-order valence-electron chi connectivity index (χ3n) is 3.12. The molecule has 0 saturated carbocycles. The SMILES string of the molecule is CSCCCN1C(=O)/C(=C/c2cccc(C(F)(F)F)c2)SC1=S. The molecule has 23 heavy (non-hydrogen) atoms. The van der Waals surface area contributed by atoms with Gasteiger partial charge in [0.25, 0.3) is 5.91 Å². The lowest BCUT2D eigenvalue weighted by molar-refractivity contribution is -0.137. The van der Waals surface area contributed by atoms with Crippen molar-refractivity contribution in [1.82, 2.24) is 4.90 Å². The quantitative estimate of drug-likeness (QED) is 0.422. The van der Waals surface area contributed by atoms with Crippen molar-refractivity contribution in [3.8, 4) is 0 Å². The minimum absolute atomic E-state index is 0.237. The Morgan fingerprint density at radius 1 is 1.39 bits per heavy atom. The van der Waals surface area contributed by atoms with Crippen LogP contribution in [-0.2, 0) is 11.0 Å². The van der Waals surface area contributed by atoms with E-state index in [1.165, 1.54) is 23.1 Å². The summed E-state index contributed by atoms with van der Waals surface area (Å²) >= 11 is 8.00. The number of hydrogen-bond donors (Lipinski definition) is 0. The van der Waals surface area contributed by atoms with E-state index in [9.17, 15) is 18.0 Å². The minimum atomic E-state index is -4.40. The van der Waals surface area contributed by atoms with Gasteiger partial charge >= 0.3 is 6.18 Å². The van der Waals surface area contributed by atoms with Crippen LogP contribution in [0.1, 0.15) is 17.5 Å². The Morgan fingerprint density at radius 3 is 2.78 bits per heavy atom. The van der Waals surface area contributed by atoms with Crippen LogP contribution < -0.4 is 0 Å². The van der Waals surface area contributed by atoms with Crippen molar-refractivity contribution in [3.05, 3.63) is 40.3 Å². The van der Waals surface area contributed by atoms with Crippen molar-refractivity contribution in [3.63, 3.8) is 0 Å². The van der Waals surface area contributed by atoms with Gasteiger partial charge in [-0.2, -0.15) is 24.9 Å². The summed E-state index contributed by atoms with van der Waals surface area (Å²) in [6, 6.07) is 4.90. The van der Waals surface area contributed by atoms with E-state index in [0.29, 0.717) is 21.3 Å². The zero-order valence-corrected chi connectivity index (χ0v) is 14.7. The van der Waals surface area contributed by atoms with Gasteiger partial charge in [0.15, 0.2) is 0 Å². The largest absolute Gasteiger partial charge is 0.416 e. The van der Waals surface area contributed by atoms with Gasteiger partial charge in [-0.15, -0.1) is 0 Å². The normalized spacial score (nSPS) is 17.4. The number of alkyl halides is 3. The van der Waals surface area contributed by atoms with E-state index in [0.717, 1.165) is 36.1 Å². The maximum atomic E-state index is 12.7. The van der Waals surface area contributed by atoms with Gasteiger partial charge < -0.3 is 0 Å². The molecule has 1 aliphatic rings. The number of nitrogens with zero attached hydrogens (tertiary/aromatic N) is 1. The number of thiocarbonyl (C=S) groups is 1. The Hall–Kier alpha value is -0.990. The number of halogens is 3. The van der Waals surface area contributed by atoms with Gasteiger partial charge in [-0.05, 0) is 42.2 Å². The average molecular weight is 377 g/mol. The molecule has 0 radical (unpaired) electrons. The summed E-state index contributed by atoms with van der Waals surface area (Å²) < 4.78 is 38.6. The molecule has 1 fully saturated rings. The van der Waals surface area contributed by atoms with E-state index in [-0.39, 0.29) is 5.91 Å². The van der Waals surface area contributed by atoms with Crippen molar-refractivity contribution in [2.75, 3.05) is 18.6 Å². The molecule has 1 amide bonds. The Morgan fingerprint density at radius 2 is 2.13 bits per heavy atom. The first kappa shape index (κ1) is 18.4. The van der Waals surface area contributed by atoms with E-state index < -0.39 is 11.7 Å². The Labute approximate surface area is 146 Å². The number of benzene rings is 1. The number of amides is 1. The molecule has 0 unspecified atom stereocenters. The fourth-order valence-electron chi connectivity index (χ4n) is 2.02. The molecule has 1 aromatic carbocycles. The van der Waals surface area contributed by atoms with Crippen LogP contribution in [0.5, 0.6) is 0 Å². The van der Waals surface area contributed by atoms with E-state index in [4.69, 9.17) is 12.2 Å². The van der Waals surface area contributed by atoms with Crippen LogP contribution in [0.15, 0.2) is 29.2 Å². The molecule has 2 nitrogen and oxygen atoms in total. The number of rotatable bonds is 5. The third kappa shape index (κ3) is 4.74. The zero-order chi connectivity index (χ0) is 17.0. The second-order valence-electron chi connectivity index (χ2n) is 4.80. The second kappa shape index (κ2) is 7.72. The average Bonchev–Trinajstić information content (AvgIpc) is 2.74. The molecule has 2 rings (SSSR count). The lowest BCUT2D eigenvalue weighted by Gasteiger charge is -2.13. The summed E-state index contributed by atoms with van der Waals surface area (Å²) in [5, 5.41) is 0. The van der Waals surface area contributed by atoms with E-state index in [1.54, 1.807) is 11.8 Å². The highest BCUT2D eigenvalue weighted by molar-refractivity contribution is 8.26. The first-order valence-electron chi connectivity index (χ1n) is 6.74. The standard InChI is InChI=1S/C15H14F3NOS3/c1-22-7-3-6-19-13(20)12(23-14(19)21)9-10-4-2-5-11(8-10)15(16,17)18/h2,4-5,8-9H,3,6-7H2,1H3/b12-9-. The van der Waals surface area contributed by atoms with Crippen molar-refractivity contribution < 1.29 is 18.0 Å². The predicted octanol–water partition coefficient (Wildman–Crippen LogP) is 4.66. The molecule has 0 bridgehead atoms. The van der Waals surface area contributed by atoms with Crippen LogP contribution in [0.4, 0.5) is 13.2 Å². The summed E-state index contributed by atoms with van der Waals surface area (Å²) in [4.78, 5) is 14.2.